The molecule has 3 rings (SSSR count). The first-order valence-corrected chi connectivity index (χ1v) is 8.43. The van der Waals surface area contributed by atoms with Crippen LogP contribution in [0.2, 0.25) is 0 Å². The molecule has 1 saturated heterocycles. The molecule has 3 aliphatic rings. The normalized spacial score (nSPS) is 31.0. The van der Waals surface area contributed by atoms with E-state index in [1.165, 1.54) is 24.2 Å². The van der Waals surface area contributed by atoms with E-state index in [2.05, 4.69) is 12.2 Å². The molecule has 0 atom stereocenters. The highest BCUT2D eigenvalue weighted by Gasteiger charge is 2.47. The molecular formula is C16H25N3O3. The quantitative estimate of drug-likeness (QED) is 0.821. The fraction of sp³-hybridized carbons (Fsp3) is 0.812. The fourth-order valence-electron chi connectivity index (χ4n) is 3.99. The van der Waals surface area contributed by atoms with Gasteiger partial charge in [0.1, 0.15) is 11.4 Å². The minimum atomic E-state index is -0.907. The van der Waals surface area contributed by atoms with E-state index in [-0.39, 0.29) is 5.91 Å². The number of nitrogens with one attached hydrogen (secondary N) is 1. The van der Waals surface area contributed by atoms with Gasteiger partial charge in [0.05, 0.1) is 0 Å². The minimum absolute atomic E-state index is 0.0230. The summed E-state index contributed by atoms with van der Waals surface area (Å²) >= 11 is 0. The van der Waals surface area contributed by atoms with E-state index in [0.29, 0.717) is 31.8 Å². The molecule has 0 bridgehead atoms. The maximum absolute atomic E-state index is 12.4. The Bertz CT molecular complexity index is 487. The number of nitrogens with zero attached hydrogens (tertiary/aromatic N) is 2. The van der Waals surface area contributed by atoms with E-state index in [1.807, 2.05) is 0 Å². The number of aliphatic imine (C=N–C) groups is 1. The molecule has 0 unspecified atom stereocenters. The Morgan fingerprint density at radius 2 is 1.95 bits per heavy atom. The maximum Gasteiger partial charge on any atom is 0.407 e. The van der Waals surface area contributed by atoms with Crippen molar-refractivity contribution in [1.29, 1.82) is 0 Å². The Morgan fingerprint density at radius 3 is 2.50 bits per heavy atom. The molecule has 1 aliphatic carbocycles. The van der Waals surface area contributed by atoms with Gasteiger partial charge in [-0.15, -0.1) is 0 Å². The number of amides is 2. The van der Waals surface area contributed by atoms with E-state index in [1.54, 1.807) is 0 Å². The topological polar surface area (TPSA) is 82.0 Å². The second-order valence-electron chi connectivity index (χ2n) is 6.88. The van der Waals surface area contributed by atoms with Crippen molar-refractivity contribution in [2.45, 2.75) is 57.4 Å². The number of carboxylic acid groups (broad SMARTS) is 1. The van der Waals surface area contributed by atoms with Crippen LogP contribution in [-0.4, -0.2) is 46.5 Å². The van der Waals surface area contributed by atoms with Crippen molar-refractivity contribution < 1.29 is 14.7 Å². The van der Waals surface area contributed by atoms with Crippen LogP contribution < -0.4 is 5.32 Å². The van der Waals surface area contributed by atoms with Gasteiger partial charge >= 0.3 is 6.09 Å². The first-order valence-electron chi connectivity index (χ1n) is 8.43. The zero-order chi connectivity index (χ0) is 15.7. The molecular weight excluding hydrogens is 282 g/mol. The van der Waals surface area contributed by atoms with Crippen molar-refractivity contribution in [2.24, 2.45) is 16.8 Å². The summed E-state index contributed by atoms with van der Waals surface area (Å²) in [6.07, 6.45) is 5.98. The number of hydrogen-bond donors (Lipinski definition) is 2. The van der Waals surface area contributed by atoms with Crippen LogP contribution in [0.15, 0.2) is 4.99 Å². The second kappa shape index (κ2) is 5.89. The van der Waals surface area contributed by atoms with Gasteiger partial charge in [-0.2, -0.15) is 0 Å². The van der Waals surface area contributed by atoms with E-state index < -0.39 is 11.6 Å². The molecule has 1 saturated carbocycles. The fourth-order valence-corrected chi connectivity index (χ4v) is 3.99. The lowest BCUT2D eigenvalue weighted by Gasteiger charge is -2.33. The molecule has 0 aromatic heterocycles. The van der Waals surface area contributed by atoms with Crippen LogP contribution in [0.25, 0.3) is 0 Å². The van der Waals surface area contributed by atoms with E-state index in [0.717, 1.165) is 24.6 Å². The van der Waals surface area contributed by atoms with Crippen molar-refractivity contribution in [3.05, 3.63) is 0 Å². The smallest absolute Gasteiger partial charge is 0.407 e. The standard InChI is InChI=1S/C16H25N3O3/c1-2-11-3-5-12(6-4-11)13-17-14(20)16(18-13)7-9-19(10-8-16)15(21)22/h11-12H,2-10H2,1H3,(H,21,22)(H,17,18,20). The predicted molar refractivity (Wildman–Crippen MR) is 82.9 cm³/mol. The van der Waals surface area contributed by atoms with E-state index in [4.69, 9.17) is 10.1 Å². The maximum atomic E-state index is 12.4. The molecule has 6 nitrogen and oxygen atoms in total. The van der Waals surface area contributed by atoms with Crippen LogP contribution in [0.5, 0.6) is 0 Å². The Labute approximate surface area is 131 Å². The number of amidine groups is 1. The number of rotatable bonds is 2. The molecule has 0 radical (unpaired) electrons. The predicted octanol–water partition coefficient (Wildman–Crippen LogP) is 2.24. The van der Waals surface area contributed by atoms with Crippen LogP contribution >= 0.6 is 0 Å². The third-order valence-electron chi connectivity index (χ3n) is 5.67. The zero-order valence-corrected chi connectivity index (χ0v) is 13.2. The van der Waals surface area contributed by atoms with Gasteiger partial charge < -0.3 is 15.3 Å². The molecule has 0 aromatic carbocycles. The van der Waals surface area contributed by atoms with Crippen molar-refractivity contribution in [3.63, 3.8) is 0 Å². The first kappa shape index (κ1) is 15.3. The molecule has 1 spiro atoms. The van der Waals surface area contributed by atoms with Crippen molar-refractivity contribution in [2.75, 3.05) is 13.1 Å². The average molecular weight is 307 g/mol. The van der Waals surface area contributed by atoms with Crippen LogP contribution in [0.1, 0.15) is 51.9 Å². The molecule has 2 heterocycles. The number of hydrogen-bond acceptors (Lipinski definition) is 3. The SMILES string of the molecule is CCC1CCC(C2=NC3(CCN(C(=O)O)CC3)C(=O)N2)CC1. The van der Waals surface area contributed by atoms with Gasteiger partial charge in [0.25, 0.3) is 5.91 Å². The first-order chi connectivity index (χ1) is 10.5. The van der Waals surface area contributed by atoms with Crippen LogP contribution in [0.3, 0.4) is 0 Å². The zero-order valence-electron chi connectivity index (χ0n) is 13.2. The van der Waals surface area contributed by atoms with Gasteiger partial charge in [0.15, 0.2) is 0 Å². The molecule has 2 aliphatic heterocycles. The Kier molecular flexibility index (Phi) is 4.10. The van der Waals surface area contributed by atoms with E-state index >= 15 is 0 Å². The summed E-state index contributed by atoms with van der Waals surface area (Å²) in [5.74, 6) is 2.04. The second-order valence-corrected chi connectivity index (χ2v) is 6.88. The molecule has 2 amide bonds. The third-order valence-corrected chi connectivity index (χ3v) is 5.67. The van der Waals surface area contributed by atoms with Crippen molar-refractivity contribution >= 4 is 17.8 Å². The van der Waals surface area contributed by atoms with E-state index in [9.17, 15) is 9.59 Å². The monoisotopic (exact) mass is 307 g/mol. The summed E-state index contributed by atoms with van der Waals surface area (Å²) in [6, 6.07) is 0. The minimum Gasteiger partial charge on any atom is -0.465 e. The van der Waals surface area contributed by atoms with Gasteiger partial charge in [-0.05, 0) is 44.4 Å². The lowest BCUT2D eigenvalue weighted by atomic mass is 9.80. The van der Waals surface area contributed by atoms with Crippen molar-refractivity contribution in [3.8, 4) is 0 Å². The van der Waals surface area contributed by atoms with Gasteiger partial charge in [-0.3, -0.25) is 9.79 Å². The van der Waals surface area contributed by atoms with Crippen LogP contribution in [-0.2, 0) is 4.79 Å². The largest absolute Gasteiger partial charge is 0.465 e. The molecule has 2 N–H and O–H groups in total. The molecule has 2 fully saturated rings. The highest BCUT2D eigenvalue weighted by molar-refractivity contribution is 6.09. The highest BCUT2D eigenvalue weighted by Crippen LogP contribution is 2.36. The highest BCUT2D eigenvalue weighted by atomic mass is 16.4. The Morgan fingerprint density at radius 1 is 1.32 bits per heavy atom. The van der Waals surface area contributed by atoms with Gasteiger partial charge in [0, 0.05) is 19.0 Å². The summed E-state index contributed by atoms with van der Waals surface area (Å²) in [5.41, 5.74) is -0.705. The molecule has 122 valence electrons. The average Bonchev–Trinajstić information content (AvgIpc) is 2.84. The molecule has 22 heavy (non-hydrogen) atoms. The number of carbonyl (C=O) groups is 2. The lowest BCUT2D eigenvalue weighted by molar-refractivity contribution is -0.125. The van der Waals surface area contributed by atoms with Crippen LogP contribution in [0.4, 0.5) is 4.79 Å². The summed E-state index contributed by atoms with van der Waals surface area (Å²) in [7, 11) is 0. The summed E-state index contributed by atoms with van der Waals surface area (Å²) in [4.78, 5) is 29.5. The molecule has 6 heteroatoms. The number of likely N-dealkylation sites (tertiary alicyclic amines) is 1. The third kappa shape index (κ3) is 2.71. The summed E-state index contributed by atoms with van der Waals surface area (Å²) in [5, 5.41) is 12.0. The summed E-state index contributed by atoms with van der Waals surface area (Å²) in [6.45, 7) is 3.02. The molecule has 0 aromatic rings. The van der Waals surface area contributed by atoms with Gasteiger partial charge in [0.2, 0.25) is 0 Å². The van der Waals surface area contributed by atoms with Gasteiger partial charge in [-0.25, -0.2) is 4.79 Å². The number of piperidine rings is 1. The Hall–Kier alpha value is -1.59. The Balaban J connectivity index is 1.66. The summed E-state index contributed by atoms with van der Waals surface area (Å²) < 4.78 is 0. The lowest BCUT2D eigenvalue weighted by Crippen LogP contribution is -2.50. The van der Waals surface area contributed by atoms with Crippen molar-refractivity contribution in [1.82, 2.24) is 10.2 Å². The van der Waals surface area contributed by atoms with Gasteiger partial charge in [-0.1, -0.05) is 13.3 Å². The van der Waals surface area contributed by atoms with Crippen LogP contribution in [0, 0.1) is 11.8 Å². The number of carbonyl (C=O) groups excluding carboxylic acids is 1.